The molecule has 0 N–H and O–H groups in total. The first-order chi connectivity index (χ1) is 8.79. The molecule has 0 bridgehead atoms. The monoisotopic (exact) mass is 253 g/mol. The molecule has 3 rings (SSSR count). The second-order valence-corrected chi connectivity index (χ2v) is 5.40. The first-order valence-electron chi connectivity index (χ1n) is 6.13. The van der Waals surface area contributed by atoms with Crippen molar-refractivity contribution >= 4 is 17.4 Å². The fourth-order valence-corrected chi connectivity index (χ4v) is 3.29. The Morgan fingerprint density at radius 3 is 2.56 bits per heavy atom. The third-order valence-corrected chi connectivity index (χ3v) is 4.22. The van der Waals surface area contributed by atoms with E-state index in [2.05, 4.69) is 60.9 Å². The van der Waals surface area contributed by atoms with Crippen LogP contribution in [-0.2, 0) is 0 Å². The molecular weight excluding hydrogens is 238 g/mol. The lowest BCUT2D eigenvalue weighted by Crippen LogP contribution is -2.15. The maximum Gasteiger partial charge on any atom is 0.0728 e. The van der Waals surface area contributed by atoms with Crippen molar-refractivity contribution in [3.8, 4) is 11.1 Å². The zero-order chi connectivity index (χ0) is 12.5. The molecule has 0 spiro atoms. The molecule has 0 radical (unpaired) electrons. The summed E-state index contributed by atoms with van der Waals surface area (Å²) < 4.78 is 0. The van der Waals surface area contributed by atoms with Crippen molar-refractivity contribution in [3.63, 3.8) is 0 Å². The van der Waals surface area contributed by atoms with Crippen LogP contribution < -0.4 is 4.90 Å². The topological polar surface area (TPSA) is 3.24 Å². The molecule has 2 aromatic rings. The summed E-state index contributed by atoms with van der Waals surface area (Å²) in [6.45, 7) is 7.24. The highest BCUT2D eigenvalue weighted by atomic mass is 32.2. The minimum absolute atomic E-state index is 0.969. The summed E-state index contributed by atoms with van der Waals surface area (Å²) in [7, 11) is 0. The van der Waals surface area contributed by atoms with Crippen molar-refractivity contribution in [2.75, 3.05) is 11.4 Å². The molecule has 2 aromatic carbocycles. The summed E-state index contributed by atoms with van der Waals surface area (Å²) in [5.41, 5.74) is 3.82. The molecule has 0 atom stereocenters. The van der Waals surface area contributed by atoms with Gasteiger partial charge in [0.05, 0.1) is 10.7 Å². The molecule has 0 saturated heterocycles. The van der Waals surface area contributed by atoms with E-state index in [1.165, 1.54) is 21.7 Å². The SMILES string of the molecule is C=C1Sc2ccc(-c3ccccc3)cc2N1CC. The Morgan fingerprint density at radius 1 is 1.06 bits per heavy atom. The van der Waals surface area contributed by atoms with Crippen molar-refractivity contribution in [1.82, 2.24) is 0 Å². The average molecular weight is 253 g/mol. The first kappa shape index (κ1) is 11.4. The van der Waals surface area contributed by atoms with Crippen LogP contribution in [0.4, 0.5) is 5.69 Å². The maximum absolute atomic E-state index is 4.11. The van der Waals surface area contributed by atoms with Gasteiger partial charge in [0.25, 0.3) is 0 Å². The van der Waals surface area contributed by atoms with Crippen molar-refractivity contribution in [3.05, 3.63) is 60.1 Å². The molecule has 90 valence electrons. The van der Waals surface area contributed by atoms with Gasteiger partial charge in [-0.3, -0.25) is 0 Å². The molecule has 1 aliphatic rings. The van der Waals surface area contributed by atoms with E-state index in [1.54, 1.807) is 11.8 Å². The molecular formula is C16H15NS. The fourth-order valence-electron chi connectivity index (χ4n) is 2.29. The normalized spacial score (nSPS) is 13.8. The second-order valence-electron chi connectivity index (χ2n) is 4.29. The fraction of sp³-hybridized carbons (Fsp3) is 0.125. The Labute approximate surface area is 112 Å². The van der Waals surface area contributed by atoms with Crippen LogP contribution in [0.5, 0.6) is 0 Å². The molecule has 0 aromatic heterocycles. The molecule has 0 fully saturated rings. The third-order valence-electron chi connectivity index (χ3n) is 3.20. The van der Waals surface area contributed by atoms with Crippen LogP contribution in [0.25, 0.3) is 11.1 Å². The van der Waals surface area contributed by atoms with E-state index in [9.17, 15) is 0 Å². The Balaban J connectivity index is 2.07. The quantitative estimate of drug-likeness (QED) is 0.759. The van der Waals surface area contributed by atoms with Gasteiger partial charge in [0.1, 0.15) is 0 Å². The van der Waals surface area contributed by atoms with Crippen molar-refractivity contribution in [1.29, 1.82) is 0 Å². The highest BCUT2D eigenvalue weighted by molar-refractivity contribution is 8.03. The summed E-state index contributed by atoms with van der Waals surface area (Å²) in [6.07, 6.45) is 0. The third kappa shape index (κ3) is 1.83. The van der Waals surface area contributed by atoms with E-state index in [1.807, 2.05) is 6.07 Å². The van der Waals surface area contributed by atoms with Crippen LogP contribution in [-0.4, -0.2) is 6.54 Å². The largest absolute Gasteiger partial charge is 0.336 e. The van der Waals surface area contributed by atoms with Gasteiger partial charge in [-0.1, -0.05) is 54.7 Å². The molecule has 0 unspecified atom stereocenters. The number of hydrogen-bond donors (Lipinski definition) is 0. The van der Waals surface area contributed by atoms with E-state index in [-0.39, 0.29) is 0 Å². The summed E-state index contributed by atoms with van der Waals surface area (Å²) in [5, 5.41) is 1.12. The Kier molecular flexibility index (Phi) is 2.88. The zero-order valence-corrected chi connectivity index (χ0v) is 11.2. The molecule has 0 saturated carbocycles. The van der Waals surface area contributed by atoms with Crippen molar-refractivity contribution in [2.24, 2.45) is 0 Å². The van der Waals surface area contributed by atoms with E-state index in [4.69, 9.17) is 0 Å². The van der Waals surface area contributed by atoms with E-state index >= 15 is 0 Å². The van der Waals surface area contributed by atoms with Crippen LogP contribution >= 0.6 is 11.8 Å². The van der Waals surface area contributed by atoms with Crippen molar-refractivity contribution in [2.45, 2.75) is 11.8 Å². The van der Waals surface area contributed by atoms with Crippen molar-refractivity contribution < 1.29 is 0 Å². The smallest absolute Gasteiger partial charge is 0.0728 e. The van der Waals surface area contributed by atoms with Gasteiger partial charge in [-0.05, 0) is 30.2 Å². The molecule has 0 amide bonds. The van der Waals surface area contributed by atoms with E-state index in [0.29, 0.717) is 0 Å². The minimum atomic E-state index is 0.969. The summed E-state index contributed by atoms with van der Waals surface area (Å²) in [5.74, 6) is 0. The molecule has 0 aliphatic carbocycles. The van der Waals surface area contributed by atoms with Gasteiger partial charge >= 0.3 is 0 Å². The average Bonchev–Trinajstić information content (AvgIpc) is 2.74. The predicted octanol–water partition coefficient (Wildman–Crippen LogP) is 4.76. The van der Waals surface area contributed by atoms with E-state index in [0.717, 1.165) is 11.6 Å². The van der Waals surface area contributed by atoms with Gasteiger partial charge in [0, 0.05) is 11.4 Å². The number of hydrogen-bond acceptors (Lipinski definition) is 2. The number of thioether (sulfide) groups is 1. The standard InChI is InChI=1S/C16H15NS/c1-3-17-12(2)18-16-10-9-14(11-15(16)17)13-7-5-4-6-8-13/h4-11H,2-3H2,1H3. The lowest BCUT2D eigenvalue weighted by molar-refractivity contribution is 1.01. The molecule has 1 nitrogen and oxygen atoms in total. The first-order valence-corrected chi connectivity index (χ1v) is 6.95. The summed E-state index contributed by atoms with van der Waals surface area (Å²) >= 11 is 1.76. The zero-order valence-electron chi connectivity index (χ0n) is 10.4. The number of nitrogens with zero attached hydrogens (tertiary/aromatic N) is 1. The molecule has 1 heterocycles. The second kappa shape index (κ2) is 4.54. The minimum Gasteiger partial charge on any atom is -0.336 e. The molecule has 2 heteroatoms. The van der Waals surface area contributed by atoms with Crippen LogP contribution in [0.15, 0.2) is 65.0 Å². The van der Waals surface area contributed by atoms with Gasteiger partial charge in [0.2, 0.25) is 0 Å². The predicted molar refractivity (Wildman–Crippen MR) is 79.9 cm³/mol. The van der Waals surface area contributed by atoms with Gasteiger partial charge in [0.15, 0.2) is 0 Å². The maximum atomic E-state index is 4.11. The van der Waals surface area contributed by atoms with Gasteiger partial charge in [-0.2, -0.15) is 0 Å². The summed E-state index contributed by atoms with van der Waals surface area (Å²) in [4.78, 5) is 3.58. The summed E-state index contributed by atoms with van der Waals surface area (Å²) in [6, 6.07) is 17.1. The van der Waals surface area contributed by atoms with E-state index < -0.39 is 0 Å². The highest BCUT2D eigenvalue weighted by Crippen LogP contribution is 2.46. The molecule has 18 heavy (non-hydrogen) atoms. The lowest BCUT2D eigenvalue weighted by Gasteiger charge is -2.17. The van der Waals surface area contributed by atoms with Crippen LogP contribution in [0.2, 0.25) is 0 Å². The van der Waals surface area contributed by atoms with Gasteiger partial charge in [-0.15, -0.1) is 0 Å². The van der Waals surface area contributed by atoms with Crippen LogP contribution in [0.3, 0.4) is 0 Å². The van der Waals surface area contributed by atoms with Gasteiger partial charge < -0.3 is 4.90 Å². The Hall–Kier alpha value is -1.67. The van der Waals surface area contributed by atoms with Gasteiger partial charge in [-0.25, -0.2) is 0 Å². The number of fused-ring (bicyclic) bond motifs is 1. The lowest BCUT2D eigenvalue weighted by atomic mass is 10.1. The van der Waals surface area contributed by atoms with Crippen LogP contribution in [0.1, 0.15) is 6.92 Å². The number of anilines is 1. The van der Waals surface area contributed by atoms with Crippen LogP contribution in [0, 0.1) is 0 Å². The Bertz CT molecular complexity index is 589. The Morgan fingerprint density at radius 2 is 1.83 bits per heavy atom. The molecule has 1 aliphatic heterocycles. The number of rotatable bonds is 2. The number of benzene rings is 2. The highest BCUT2D eigenvalue weighted by Gasteiger charge is 2.22.